The highest BCUT2D eigenvalue weighted by Gasteiger charge is 2.30. The maximum atomic E-state index is 13.0. The predicted molar refractivity (Wildman–Crippen MR) is 115 cm³/mol. The summed E-state index contributed by atoms with van der Waals surface area (Å²) < 4.78 is 16.4. The topological polar surface area (TPSA) is 69.0 Å². The number of rotatable bonds is 7. The number of amides is 1. The summed E-state index contributed by atoms with van der Waals surface area (Å²) in [5, 5.41) is 0. The molecule has 0 bridgehead atoms. The first kappa shape index (κ1) is 20.7. The summed E-state index contributed by atoms with van der Waals surface area (Å²) >= 11 is 0. The molecule has 1 fully saturated rings. The largest absolute Gasteiger partial charge is 0.497 e. The minimum Gasteiger partial charge on any atom is -0.497 e. The Morgan fingerprint density at radius 1 is 0.968 bits per heavy atom. The van der Waals surface area contributed by atoms with Gasteiger partial charge in [0.05, 0.1) is 13.4 Å². The Bertz CT molecular complexity index is 1020. The number of hydrogen-bond donors (Lipinski definition) is 0. The number of piperidine rings is 1. The third-order valence-electron chi connectivity index (χ3n) is 5.61. The summed E-state index contributed by atoms with van der Waals surface area (Å²) in [6.07, 6.45) is 2.77. The normalized spacial score (nSPS) is 14.3. The van der Waals surface area contributed by atoms with Crippen LogP contribution < -0.4 is 9.47 Å². The molecule has 1 aromatic heterocycles. The fourth-order valence-electron chi connectivity index (χ4n) is 3.79. The van der Waals surface area contributed by atoms with Gasteiger partial charge in [0.25, 0.3) is 5.91 Å². The number of likely N-dealkylation sites (tertiary alicyclic amines) is 1. The summed E-state index contributed by atoms with van der Waals surface area (Å²) in [6.45, 7) is 1.30. The number of Topliss-reactive ketones (excluding diaryl/α,β-unsaturated/α-hetero) is 1. The number of ketones is 1. The van der Waals surface area contributed by atoms with E-state index in [1.165, 1.54) is 6.26 Å². The molecule has 1 amide bonds. The number of furan rings is 1. The number of para-hydroxylation sites is 1. The first-order valence-corrected chi connectivity index (χ1v) is 10.4. The first-order chi connectivity index (χ1) is 15.2. The number of carbonyl (C=O) groups excluding carboxylic acids is 2. The molecule has 0 radical (unpaired) electrons. The molecule has 160 valence electrons. The average Bonchev–Trinajstić information content (AvgIpc) is 3.31. The quantitative estimate of drug-likeness (QED) is 0.524. The molecule has 0 N–H and O–H groups in total. The minimum absolute atomic E-state index is 0.0880. The van der Waals surface area contributed by atoms with Gasteiger partial charge in [0, 0.05) is 30.1 Å². The van der Waals surface area contributed by atoms with Gasteiger partial charge in [-0.1, -0.05) is 18.2 Å². The smallest absolute Gasteiger partial charge is 0.289 e. The molecule has 31 heavy (non-hydrogen) atoms. The Hall–Kier alpha value is -3.54. The molecule has 3 aromatic rings. The number of nitrogens with zero attached hydrogens (tertiary/aromatic N) is 1. The van der Waals surface area contributed by atoms with Crippen LogP contribution in [0.2, 0.25) is 0 Å². The van der Waals surface area contributed by atoms with Crippen LogP contribution in [0.3, 0.4) is 0 Å². The number of carbonyl (C=O) groups is 2. The lowest BCUT2D eigenvalue weighted by Gasteiger charge is -2.31. The predicted octanol–water partition coefficient (Wildman–Crippen LogP) is 4.60. The van der Waals surface area contributed by atoms with Crippen molar-refractivity contribution in [2.75, 3.05) is 20.2 Å². The molecule has 6 nitrogen and oxygen atoms in total. The van der Waals surface area contributed by atoms with Crippen LogP contribution in [0.4, 0.5) is 0 Å². The molecule has 2 heterocycles. The molecule has 0 aliphatic carbocycles. The van der Waals surface area contributed by atoms with Crippen LogP contribution in [0.5, 0.6) is 11.5 Å². The Labute approximate surface area is 181 Å². The number of methoxy groups -OCH3 is 1. The summed E-state index contributed by atoms with van der Waals surface area (Å²) in [7, 11) is 1.60. The molecule has 2 aromatic carbocycles. The van der Waals surface area contributed by atoms with Crippen molar-refractivity contribution >= 4 is 11.7 Å². The van der Waals surface area contributed by atoms with E-state index < -0.39 is 0 Å². The fraction of sp³-hybridized carbons (Fsp3) is 0.280. The van der Waals surface area contributed by atoms with Crippen LogP contribution in [0.25, 0.3) is 0 Å². The maximum absolute atomic E-state index is 13.0. The minimum atomic E-state index is -0.160. The molecule has 1 saturated heterocycles. The zero-order valence-corrected chi connectivity index (χ0v) is 17.5. The van der Waals surface area contributed by atoms with Gasteiger partial charge in [-0.15, -0.1) is 0 Å². The van der Waals surface area contributed by atoms with Gasteiger partial charge in [-0.05, 0) is 55.3 Å². The molecule has 0 saturated carbocycles. The second-order valence-electron chi connectivity index (χ2n) is 7.54. The summed E-state index contributed by atoms with van der Waals surface area (Å²) in [5.74, 6) is 1.63. The Morgan fingerprint density at radius 3 is 2.35 bits per heavy atom. The lowest BCUT2D eigenvalue weighted by molar-refractivity contribution is 0.0621. The van der Waals surface area contributed by atoms with Gasteiger partial charge in [-0.25, -0.2) is 0 Å². The van der Waals surface area contributed by atoms with Crippen molar-refractivity contribution in [1.29, 1.82) is 0 Å². The standard InChI is InChI=1S/C25H25NO5/c1-29-21-9-7-18(8-10-21)23(27)19-11-14-26(15-12-19)25(28)24-20(13-16-30-24)17-31-22-5-3-2-4-6-22/h2-10,13,16,19H,11-12,14-15,17H2,1H3. The highest BCUT2D eigenvalue weighted by molar-refractivity contribution is 5.98. The second kappa shape index (κ2) is 9.51. The molecular weight excluding hydrogens is 394 g/mol. The Balaban J connectivity index is 1.34. The zero-order valence-electron chi connectivity index (χ0n) is 17.5. The molecule has 6 heteroatoms. The molecule has 0 unspecified atom stereocenters. The molecule has 0 atom stereocenters. The van der Waals surface area contributed by atoms with Crippen LogP contribution in [-0.4, -0.2) is 36.8 Å². The van der Waals surface area contributed by atoms with E-state index in [2.05, 4.69) is 0 Å². The fourth-order valence-corrected chi connectivity index (χ4v) is 3.79. The van der Waals surface area contributed by atoms with Crippen molar-refractivity contribution in [3.63, 3.8) is 0 Å². The molecule has 4 rings (SSSR count). The zero-order chi connectivity index (χ0) is 21.6. The van der Waals surface area contributed by atoms with Crippen LogP contribution >= 0.6 is 0 Å². The van der Waals surface area contributed by atoms with Crippen molar-refractivity contribution < 1.29 is 23.5 Å². The average molecular weight is 419 g/mol. The van der Waals surface area contributed by atoms with E-state index in [0.29, 0.717) is 42.8 Å². The highest BCUT2D eigenvalue weighted by Crippen LogP contribution is 2.25. The summed E-state index contributed by atoms with van der Waals surface area (Å²) in [5.41, 5.74) is 1.39. The van der Waals surface area contributed by atoms with Crippen molar-refractivity contribution in [2.24, 2.45) is 5.92 Å². The van der Waals surface area contributed by atoms with E-state index in [1.807, 2.05) is 30.3 Å². The Morgan fingerprint density at radius 2 is 1.68 bits per heavy atom. The SMILES string of the molecule is COc1ccc(C(=O)C2CCN(C(=O)c3occc3COc3ccccc3)CC2)cc1. The van der Waals surface area contributed by atoms with Crippen molar-refractivity contribution in [1.82, 2.24) is 4.90 Å². The lowest BCUT2D eigenvalue weighted by atomic mass is 9.88. The summed E-state index contributed by atoms with van der Waals surface area (Å²) in [6, 6.07) is 18.4. The van der Waals surface area contributed by atoms with Crippen LogP contribution in [0.15, 0.2) is 71.3 Å². The van der Waals surface area contributed by atoms with Gasteiger partial charge < -0.3 is 18.8 Å². The van der Waals surface area contributed by atoms with Gasteiger partial charge >= 0.3 is 0 Å². The third-order valence-corrected chi connectivity index (χ3v) is 5.61. The summed E-state index contributed by atoms with van der Waals surface area (Å²) in [4.78, 5) is 27.5. The third kappa shape index (κ3) is 4.79. The maximum Gasteiger partial charge on any atom is 0.289 e. The van der Waals surface area contributed by atoms with Gasteiger partial charge in [0.2, 0.25) is 0 Å². The highest BCUT2D eigenvalue weighted by atomic mass is 16.5. The van der Waals surface area contributed by atoms with E-state index in [1.54, 1.807) is 42.3 Å². The van der Waals surface area contributed by atoms with Crippen molar-refractivity contribution in [3.8, 4) is 11.5 Å². The monoisotopic (exact) mass is 419 g/mol. The van der Waals surface area contributed by atoms with E-state index in [9.17, 15) is 9.59 Å². The number of benzene rings is 2. The van der Waals surface area contributed by atoms with E-state index >= 15 is 0 Å². The Kier molecular flexibility index (Phi) is 6.36. The van der Waals surface area contributed by atoms with E-state index in [4.69, 9.17) is 13.9 Å². The van der Waals surface area contributed by atoms with E-state index in [0.717, 1.165) is 11.5 Å². The van der Waals surface area contributed by atoms with Crippen LogP contribution in [-0.2, 0) is 6.61 Å². The first-order valence-electron chi connectivity index (χ1n) is 10.4. The lowest BCUT2D eigenvalue weighted by Crippen LogP contribution is -2.40. The van der Waals surface area contributed by atoms with Crippen LogP contribution in [0, 0.1) is 5.92 Å². The van der Waals surface area contributed by atoms with Gasteiger partial charge in [-0.2, -0.15) is 0 Å². The van der Waals surface area contributed by atoms with Crippen LogP contribution in [0.1, 0.15) is 39.3 Å². The van der Waals surface area contributed by atoms with Crippen molar-refractivity contribution in [2.45, 2.75) is 19.4 Å². The molecular formula is C25H25NO5. The molecule has 1 aliphatic rings. The number of hydrogen-bond acceptors (Lipinski definition) is 5. The molecule has 0 spiro atoms. The van der Waals surface area contributed by atoms with Gasteiger partial charge in [0.1, 0.15) is 18.1 Å². The van der Waals surface area contributed by atoms with Crippen molar-refractivity contribution in [3.05, 3.63) is 83.8 Å². The van der Waals surface area contributed by atoms with Gasteiger partial charge in [0.15, 0.2) is 11.5 Å². The van der Waals surface area contributed by atoms with E-state index in [-0.39, 0.29) is 24.2 Å². The second-order valence-corrected chi connectivity index (χ2v) is 7.54. The molecule has 1 aliphatic heterocycles. The van der Waals surface area contributed by atoms with Gasteiger partial charge in [-0.3, -0.25) is 9.59 Å². The number of ether oxygens (including phenoxy) is 2.